The summed E-state index contributed by atoms with van der Waals surface area (Å²) in [6, 6.07) is 4.76. The highest BCUT2D eigenvalue weighted by Gasteiger charge is 2.12. The van der Waals surface area contributed by atoms with Gasteiger partial charge in [0.1, 0.15) is 11.8 Å². The standard InChI is InChI=1S/C11H16N2/c1-5-10-6-9(4)13(8(2)3)11(10)7-12/h6,8H,5H2,1-4H3. The maximum absolute atomic E-state index is 9.02. The lowest BCUT2D eigenvalue weighted by Gasteiger charge is -2.11. The third kappa shape index (κ3) is 1.60. The van der Waals surface area contributed by atoms with Gasteiger partial charge in [0.2, 0.25) is 0 Å². The van der Waals surface area contributed by atoms with Crippen LogP contribution in [0.25, 0.3) is 0 Å². The Bertz CT molecular complexity index is 340. The van der Waals surface area contributed by atoms with Crippen molar-refractivity contribution in [2.45, 2.75) is 40.2 Å². The third-order valence-electron chi connectivity index (χ3n) is 2.31. The number of rotatable bonds is 2. The summed E-state index contributed by atoms with van der Waals surface area (Å²) in [5.41, 5.74) is 3.17. The molecule has 0 aliphatic carbocycles. The highest BCUT2D eigenvalue weighted by Crippen LogP contribution is 2.20. The van der Waals surface area contributed by atoms with E-state index >= 15 is 0 Å². The monoisotopic (exact) mass is 176 g/mol. The summed E-state index contributed by atoms with van der Waals surface area (Å²) in [6.07, 6.45) is 0.934. The first kappa shape index (κ1) is 9.85. The van der Waals surface area contributed by atoms with Gasteiger partial charge in [-0.3, -0.25) is 0 Å². The molecule has 0 saturated heterocycles. The van der Waals surface area contributed by atoms with E-state index in [1.54, 1.807) is 0 Å². The fourth-order valence-corrected chi connectivity index (χ4v) is 1.78. The first-order chi connectivity index (χ1) is 6.11. The van der Waals surface area contributed by atoms with Crippen molar-refractivity contribution < 1.29 is 0 Å². The third-order valence-corrected chi connectivity index (χ3v) is 2.31. The quantitative estimate of drug-likeness (QED) is 0.681. The minimum Gasteiger partial charge on any atom is -0.334 e. The summed E-state index contributed by atoms with van der Waals surface area (Å²) in [5, 5.41) is 9.02. The molecule has 0 aliphatic heterocycles. The molecule has 0 saturated carbocycles. The minimum absolute atomic E-state index is 0.370. The normalized spacial score (nSPS) is 10.5. The van der Waals surface area contributed by atoms with E-state index < -0.39 is 0 Å². The molecule has 1 rings (SSSR count). The van der Waals surface area contributed by atoms with Crippen LogP contribution >= 0.6 is 0 Å². The van der Waals surface area contributed by atoms with Gasteiger partial charge in [0, 0.05) is 11.7 Å². The zero-order chi connectivity index (χ0) is 10.0. The molecule has 0 aromatic carbocycles. The lowest BCUT2D eigenvalue weighted by Crippen LogP contribution is -2.05. The SMILES string of the molecule is CCc1cc(C)n(C(C)C)c1C#N. The van der Waals surface area contributed by atoms with Gasteiger partial charge in [-0.05, 0) is 38.8 Å². The van der Waals surface area contributed by atoms with Crippen LogP contribution in [0.4, 0.5) is 0 Å². The topological polar surface area (TPSA) is 28.7 Å². The van der Waals surface area contributed by atoms with Crippen LogP contribution in [0.1, 0.15) is 43.8 Å². The molecule has 0 atom stereocenters. The van der Waals surface area contributed by atoms with Crippen LogP contribution in [0, 0.1) is 18.3 Å². The van der Waals surface area contributed by atoms with Gasteiger partial charge in [-0.25, -0.2) is 0 Å². The van der Waals surface area contributed by atoms with E-state index in [0.717, 1.165) is 17.7 Å². The number of nitriles is 1. The van der Waals surface area contributed by atoms with Gasteiger partial charge in [-0.15, -0.1) is 0 Å². The van der Waals surface area contributed by atoms with Crippen LogP contribution in [0.5, 0.6) is 0 Å². The smallest absolute Gasteiger partial charge is 0.123 e. The molecule has 0 bridgehead atoms. The number of hydrogen-bond acceptors (Lipinski definition) is 1. The number of hydrogen-bond donors (Lipinski definition) is 0. The van der Waals surface area contributed by atoms with E-state index in [1.165, 1.54) is 5.69 Å². The van der Waals surface area contributed by atoms with E-state index in [-0.39, 0.29) is 0 Å². The molecule has 13 heavy (non-hydrogen) atoms. The second-order valence-electron chi connectivity index (χ2n) is 3.59. The van der Waals surface area contributed by atoms with E-state index in [0.29, 0.717) is 6.04 Å². The fraction of sp³-hybridized carbons (Fsp3) is 0.545. The zero-order valence-corrected chi connectivity index (χ0v) is 8.76. The Balaban J connectivity index is 3.33. The first-order valence-corrected chi connectivity index (χ1v) is 4.72. The highest BCUT2D eigenvalue weighted by atomic mass is 15.0. The van der Waals surface area contributed by atoms with E-state index in [2.05, 4.69) is 44.4 Å². The van der Waals surface area contributed by atoms with Crippen LogP contribution in [-0.4, -0.2) is 4.57 Å². The Hall–Kier alpha value is -1.23. The van der Waals surface area contributed by atoms with Crippen molar-refractivity contribution in [3.05, 3.63) is 23.0 Å². The number of aryl methyl sites for hydroxylation is 2. The molecule has 0 radical (unpaired) electrons. The largest absolute Gasteiger partial charge is 0.334 e. The van der Waals surface area contributed by atoms with Crippen LogP contribution < -0.4 is 0 Å². The van der Waals surface area contributed by atoms with Crippen LogP contribution in [-0.2, 0) is 6.42 Å². The van der Waals surface area contributed by atoms with Gasteiger partial charge in [-0.1, -0.05) is 6.92 Å². The van der Waals surface area contributed by atoms with Gasteiger partial charge < -0.3 is 4.57 Å². The predicted molar refractivity (Wildman–Crippen MR) is 53.6 cm³/mol. The molecule has 2 nitrogen and oxygen atoms in total. The van der Waals surface area contributed by atoms with Crippen molar-refractivity contribution in [1.82, 2.24) is 4.57 Å². The van der Waals surface area contributed by atoms with Crippen LogP contribution in [0.15, 0.2) is 6.07 Å². The van der Waals surface area contributed by atoms with E-state index in [4.69, 9.17) is 5.26 Å². The van der Waals surface area contributed by atoms with Gasteiger partial charge in [0.25, 0.3) is 0 Å². The fourth-order valence-electron chi connectivity index (χ4n) is 1.78. The second kappa shape index (κ2) is 3.66. The Labute approximate surface area is 79.8 Å². The molecule has 1 aromatic rings. The van der Waals surface area contributed by atoms with Gasteiger partial charge >= 0.3 is 0 Å². The first-order valence-electron chi connectivity index (χ1n) is 4.72. The number of nitrogens with zero attached hydrogens (tertiary/aromatic N) is 2. The molecule has 2 heteroatoms. The maximum Gasteiger partial charge on any atom is 0.123 e. The average molecular weight is 176 g/mol. The lowest BCUT2D eigenvalue weighted by atomic mass is 10.2. The van der Waals surface area contributed by atoms with Gasteiger partial charge in [0.05, 0.1) is 0 Å². The van der Waals surface area contributed by atoms with Crippen molar-refractivity contribution in [1.29, 1.82) is 5.26 Å². The molecular weight excluding hydrogens is 160 g/mol. The van der Waals surface area contributed by atoms with Gasteiger partial charge in [0.15, 0.2) is 0 Å². The Morgan fingerprint density at radius 1 is 1.54 bits per heavy atom. The molecule has 1 heterocycles. The highest BCUT2D eigenvalue weighted by molar-refractivity contribution is 5.37. The molecule has 70 valence electrons. The maximum atomic E-state index is 9.02. The number of aromatic nitrogens is 1. The van der Waals surface area contributed by atoms with Crippen molar-refractivity contribution in [2.75, 3.05) is 0 Å². The van der Waals surface area contributed by atoms with E-state index in [1.807, 2.05) is 0 Å². The molecule has 1 aromatic heterocycles. The van der Waals surface area contributed by atoms with Crippen LogP contribution in [0.2, 0.25) is 0 Å². The Kier molecular flexibility index (Phi) is 2.77. The minimum atomic E-state index is 0.370. The van der Waals surface area contributed by atoms with Gasteiger partial charge in [-0.2, -0.15) is 5.26 Å². The molecule has 0 unspecified atom stereocenters. The summed E-state index contributed by atoms with van der Waals surface area (Å²) in [4.78, 5) is 0. The molecule has 0 aliphatic rings. The zero-order valence-electron chi connectivity index (χ0n) is 8.76. The second-order valence-corrected chi connectivity index (χ2v) is 3.59. The summed E-state index contributed by atoms with van der Waals surface area (Å²) >= 11 is 0. The molecule has 0 fully saturated rings. The van der Waals surface area contributed by atoms with E-state index in [9.17, 15) is 0 Å². The summed E-state index contributed by atoms with van der Waals surface area (Å²) < 4.78 is 2.10. The molecule has 0 spiro atoms. The summed E-state index contributed by atoms with van der Waals surface area (Å²) in [5.74, 6) is 0. The van der Waals surface area contributed by atoms with Crippen molar-refractivity contribution >= 4 is 0 Å². The summed E-state index contributed by atoms with van der Waals surface area (Å²) in [6.45, 7) is 8.35. The van der Waals surface area contributed by atoms with Crippen molar-refractivity contribution in [3.63, 3.8) is 0 Å². The van der Waals surface area contributed by atoms with Crippen molar-refractivity contribution in [3.8, 4) is 6.07 Å². The molecule has 0 amide bonds. The van der Waals surface area contributed by atoms with Crippen LogP contribution in [0.3, 0.4) is 0 Å². The lowest BCUT2D eigenvalue weighted by molar-refractivity contribution is 0.581. The molecular formula is C11H16N2. The summed E-state index contributed by atoms with van der Waals surface area (Å²) in [7, 11) is 0. The average Bonchev–Trinajstić information content (AvgIpc) is 2.41. The van der Waals surface area contributed by atoms with Crippen molar-refractivity contribution in [2.24, 2.45) is 0 Å². The Morgan fingerprint density at radius 2 is 2.15 bits per heavy atom. The Morgan fingerprint density at radius 3 is 2.54 bits per heavy atom. The predicted octanol–water partition coefficient (Wildman–Crippen LogP) is 2.81. The molecule has 0 N–H and O–H groups in total.